The monoisotopic (exact) mass is 463 g/mol. The first-order chi connectivity index (χ1) is 16.0. The third-order valence-corrected chi connectivity index (χ3v) is 5.39. The molecule has 3 aromatic rings. The van der Waals surface area contributed by atoms with Crippen molar-refractivity contribution in [2.45, 2.75) is 0 Å². The lowest BCUT2D eigenvalue weighted by Gasteiger charge is -2.16. The molecule has 2 N–H and O–H groups in total. The van der Waals surface area contributed by atoms with Crippen LogP contribution >= 0.6 is 11.6 Å². The first-order valence-corrected chi connectivity index (χ1v) is 10.6. The SMILES string of the molecule is COc1cccc(C(=O)Nc2ccc(Cl)cn2)c1NC(=O)c1ccc(C2=NCCN2C)cc1. The lowest BCUT2D eigenvalue weighted by Crippen LogP contribution is -2.23. The maximum atomic E-state index is 13.0. The molecule has 1 aliphatic heterocycles. The van der Waals surface area contributed by atoms with Crippen molar-refractivity contribution < 1.29 is 14.3 Å². The summed E-state index contributed by atoms with van der Waals surface area (Å²) in [6.45, 7) is 1.64. The number of halogens is 1. The van der Waals surface area contributed by atoms with E-state index in [1.165, 1.54) is 13.3 Å². The second-order valence-electron chi connectivity index (χ2n) is 7.36. The Morgan fingerprint density at radius 3 is 2.45 bits per heavy atom. The first kappa shape index (κ1) is 22.3. The van der Waals surface area contributed by atoms with Gasteiger partial charge < -0.3 is 20.3 Å². The van der Waals surface area contributed by atoms with Gasteiger partial charge in [-0.25, -0.2) is 4.98 Å². The zero-order chi connectivity index (χ0) is 23.4. The highest BCUT2D eigenvalue weighted by Gasteiger charge is 2.20. The van der Waals surface area contributed by atoms with Gasteiger partial charge in [-0.3, -0.25) is 14.6 Å². The molecule has 8 nitrogen and oxygen atoms in total. The molecule has 2 amide bonds. The van der Waals surface area contributed by atoms with Crippen LogP contribution in [0.5, 0.6) is 5.75 Å². The minimum atomic E-state index is -0.448. The number of benzene rings is 2. The van der Waals surface area contributed by atoms with Gasteiger partial charge >= 0.3 is 0 Å². The molecule has 0 bridgehead atoms. The third kappa shape index (κ3) is 4.96. The predicted octanol–water partition coefficient (Wildman–Crippen LogP) is 3.94. The molecular weight excluding hydrogens is 442 g/mol. The maximum Gasteiger partial charge on any atom is 0.259 e. The Labute approximate surface area is 196 Å². The Hall–Kier alpha value is -3.91. The summed E-state index contributed by atoms with van der Waals surface area (Å²) in [5, 5.41) is 5.97. The zero-order valence-corrected chi connectivity index (χ0v) is 18.9. The summed E-state index contributed by atoms with van der Waals surface area (Å²) in [5.41, 5.74) is 1.88. The number of ether oxygens (including phenoxy) is 1. The van der Waals surface area contributed by atoms with Crippen LogP contribution in [0.1, 0.15) is 26.3 Å². The van der Waals surface area contributed by atoms with E-state index in [0.29, 0.717) is 22.2 Å². The number of hydrogen-bond donors (Lipinski definition) is 2. The summed E-state index contributed by atoms with van der Waals surface area (Å²) in [4.78, 5) is 36.5. The van der Waals surface area contributed by atoms with Crippen molar-refractivity contribution in [3.05, 3.63) is 82.5 Å². The van der Waals surface area contributed by atoms with Crippen LogP contribution in [0, 0.1) is 0 Å². The molecule has 0 saturated carbocycles. The van der Waals surface area contributed by atoms with Crippen molar-refractivity contribution in [1.82, 2.24) is 9.88 Å². The Morgan fingerprint density at radius 1 is 1.03 bits per heavy atom. The Kier molecular flexibility index (Phi) is 6.55. The Balaban J connectivity index is 1.56. The van der Waals surface area contributed by atoms with Crippen LogP contribution in [-0.4, -0.2) is 54.8 Å². The normalized spacial score (nSPS) is 12.8. The van der Waals surface area contributed by atoms with Crippen LogP contribution in [0.2, 0.25) is 5.02 Å². The van der Waals surface area contributed by atoms with E-state index in [1.807, 2.05) is 19.2 Å². The van der Waals surface area contributed by atoms with Crippen molar-refractivity contribution in [3.8, 4) is 5.75 Å². The molecule has 0 saturated heterocycles. The van der Waals surface area contributed by atoms with Gasteiger partial charge in [0.25, 0.3) is 11.8 Å². The van der Waals surface area contributed by atoms with Gasteiger partial charge in [0.2, 0.25) is 0 Å². The van der Waals surface area contributed by atoms with E-state index in [0.717, 1.165) is 24.5 Å². The summed E-state index contributed by atoms with van der Waals surface area (Å²) < 4.78 is 5.39. The summed E-state index contributed by atoms with van der Waals surface area (Å²) in [6, 6.07) is 15.3. The second-order valence-corrected chi connectivity index (χ2v) is 7.79. The summed E-state index contributed by atoms with van der Waals surface area (Å²) in [7, 11) is 3.46. The van der Waals surface area contributed by atoms with Gasteiger partial charge in [0.05, 0.1) is 29.9 Å². The summed E-state index contributed by atoms with van der Waals surface area (Å²) in [5.74, 6) is 0.781. The molecular formula is C24H22ClN5O3. The van der Waals surface area contributed by atoms with Gasteiger partial charge in [-0.2, -0.15) is 0 Å². The largest absolute Gasteiger partial charge is 0.495 e. The molecule has 0 atom stereocenters. The van der Waals surface area contributed by atoms with Gasteiger partial charge in [-0.05, 0) is 36.4 Å². The fraction of sp³-hybridized carbons (Fsp3) is 0.167. The number of amidine groups is 1. The molecule has 4 rings (SSSR count). The standard InChI is InChI=1S/C24H22ClN5O3/c1-30-13-12-26-22(30)15-6-8-16(9-7-15)23(31)29-21-18(4-3-5-19(21)33-2)24(32)28-20-11-10-17(25)14-27-20/h3-11,14H,12-13H2,1-2H3,(H,29,31)(H,27,28,32). The number of aromatic nitrogens is 1. The third-order valence-electron chi connectivity index (χ3n) is 5.16. The van der Waals surface area contributed by atoms with Gasteiger partial charge in [0.15, 0.2) is 0 Å². The highest BCUT2D eigenvalue weighted by atomic mass is 35.5. The maximum absolute atomic E-state index is 13.0. The van der Waals surface area contributed by atoms with E-state index in [4.69, 9.17) is 16.3 Å². The second kappa shape index (κ2) is 9.70. The van der Waals surface area contributed by atoms with E-state index >= 15 is 0 Å². The average Bonchev–Trinajstić information content (AvgIpc) is 3.26. The number of anilines is 2. The molecule has 0 unspecified atom stereocenters. The quantitative estimate of drug-likeness (QED) is 0.577. The zero-order valence-electron chi connectivity index (χ0n) is 18.1. The fourth-order valence-corrected chi connectivity index (χ4v) is 3.57. The molecule has 0 fully saturated rings. The van der Waals surface area contributed by atoms with Gasteiger partial charge in [0, 0.05) is 30.9 Å². The number of para-hydroxylation sites is 1. The minimum Gasteiger partial charge on any atom is -0.495 e. The van der Waals surface area contributed by atoms with Gasteiger partial charge in [0.1, 0.15) is 17.4 Å². The smallest absolute Gasteiger partial charge is 0.259 e. The lowest BCUT2D eigenvalue weighted by atomic mass is 10.1. The Bertz CT molecular complexity index is 1210. The minimum absolute atomic E-state index is 0.234. The number of likely N-dealkylation sites (N-methyl/N-ethyl adjacent to an activating group) is 1. The number of nitrogens with zero attached hydrogens (tertiary/aromatic N) is 3. The van der Waals surface area contributed by atoms with Crippen LogP contribution in [-0.2, 0) is 0 Å². The molecule has 0 spiro atoms. The molecule has 2 heterocycles. The summed E-state index contributed by atoms with van der Waals surface area (Å²) >= 11 is 5.85. The number of nitrogens with one attached hydrogen (secondary N) is 2. The lowest BCUT2D eigenvalue weighted by molar-refractivity contribution is 0.102. The molecule has 33 heavy (non-hydrogen) atoms. The number of amides is 2. The van der Waals surface area contributed by atoms with Crippen LogP contribution in [0.25, 0.3) is 0 Å². The van der Waals surface area contributed by atoms with E-state index < -0.39 is 5.91 Å². The topological polar surface area (TPSA) is 95.9 Å². The Morgan fingerprint density at radius 2 is 1.82 bits per heavy atom. The van der Waals surface area contributed by atoms with E-state index in [-0.39, 0.29) is 17.2 Å². The highest BCUT2D eigenvalue weighted by molar-refractivity contribution is 6.30. The van der Waals surface area contributed by atoms with Crippen molar-refractivity contribution in [2.24, 2.45) is 4.99 Å². The van der Waals surface area contributed by atoms with Crippen LogP contribution in [0.4, 0.5) is 11.5 Å². The number of aliphatic imine (C=N–C) groups is 1. The van der Waals surface area contributed by atoms with E-state index in [1.54, 1.807) is 42.5 Å². The number of hydrogen-bond acceptors (Lipinski definition) is 6. The number of methoxy groups -OCH3 is 1. The van der Waals surface area contributed by atoms with E-state index in [2.05, 4.69) is 25.5 Å². The average molecular weight is 464 g/mol. The van der Waals surface area contributed by atoms with Crippen LogP contribution < -0.4 is 15.4 Å². The van der Waals surface area contributed by atoms with Crippen molar-refractivity contribution >= 4 is 40.8 Å². The number of carbonyl (C=O) groups excluding carboxylic acids is 2. The number of carbonyl (C=O) groups is 2. The van der Waals surface area contributed by atoms with Crippen molar-refractivity contribution in [1.29, 1.82) is 0 Å². The molecule has 0 aliphatic carbocycles. The molecule has 9 heteroatoms. The van der Waals surface area contributed by atoms with Crippen LogP contribution in [0.3, 0.4) is 0 Å². The fourth-order valence-electron chi connectivity index (χ4n) is 3.45. The molecule has 2 aromatic carbocycles. The molecule has 168 valence electrons. The molecule has 0 radical (unpaired) electrons. The van der Waals surface area contributed by atoms with Gasteiger partial charge in [-0.15, -0.1) is 0 Å². The molecule has 1 aromatic heterocycles. The van der Waals surface area contributed by atoms with Crippen LogP contribution in [0.15, 0.2) is 65.8 Å². The van der Waals surface area contributed by atoms with E-state index in [9.17, 15) is 9.59 Å². The predicted molar refractivity (Wildman–Crippen MR) is 129 cm³/mol. The van der Waals surface area contributed by atoms with Gasteiger partial charge in [-0.1, -0.05) is 29.8 Å². The number of rotatable bonds is 6. The molecule has 1 aliphatic rings. The van der Waals surface area contributed by atoms with Crippen molar-refractivity contribution in [3.63, 3.8) is 0 Å². The summed E-state index contributed by atoms with van der Waals surface area (Å²) in [6.07, 6.45) is 1.43. The highest BCUT2D eigenvalue weighted by Crippen LogP contribution is 2.29. The first-order valence-electron chi connectivity index (χ1n) is 10.2. The van der Waals surface area contributed by atoms with Crippen molar-refractivity contribution in [2.75, 3.05) is 37.9 Å². The number of pyridine rings is 1.